The van der Waals surface area contributed by atoms with Crippen LogP contribution in [0.1, 0.15) is 24.6 Å². The summed E-state index contributed by atoms with van der Waals surface area (Å²) in [5.74, 6) is 0.750. The molecule has 0 aromatic carbocycles. The van der Waals surface area contributed by atoms with Crippen molar-refractivity contribution in [1.29, 1.82) is 0 Å². The summed E-state index contributed by atoms with van der Waals surface area (Å²) in [6.45, 7) is 3.34. The van der Waals surface area contributed by atoms with Crippen LogP contribution in [0.5, 0.6) is 0 Å². The van der Waals surface area contributed by atoms with Crippen LogP contribution >= 0.6 is 22.9 Å². The lowest BCUT2D eigenvalue weighted by molar-refractivity contribution is 0.458. The number of hydrogen-bond acceptors (Lipinski definition) is 2. The van der Waals surface area contributed by atoms with E-state index < -0.39 is 0 Å². The molecular formula is C11H18ClNS. The average Bonchev–Trinajstić information content (AvgIpc) is 2.52. The van der Waals surface area contributed by atoms with Gasteiger partial charge in [0.1, 0.15) is 0 Å². The van der Waals surface area contributed by atoms with Gasteiger partial charge in [-0.1, -0.05) is 24.9 Å². The van der Waals surface area contributed by atoms with E-state index in [0.29, 0.717) is 0 Å². The Morgan fingerprint density at radius 1 is 1.50 bits per heavy atom. The van der Waals surface area contributed by atoms with Gasteiger partial charge in [0.05, 0.1) is 4.34 Å². The van der Waals surface area contributed by atoms with Crippen molar-refractivity contribution in [3.8, 4) is 0 Å². The average molecular weight is 232 g/mol. The predicted molar refractivity (Wildman–Crippen MR) is 65.4 cm³/mol. The van der Waals surface area contributed by atoms with Gasteiger partial charge in [0, 0.05) is 4.88 Å². The van der Waals surface area contributed by atoms with E-state index in [1.54, 1.807) is 11.3 Å². The maximum Gasteiger partial charge on any atom is 0.0931 e. The van der Waals surface area contributed by atoms with Gasteiger partial charge in [-0.15, -0.1) is 11.3 Å². The molecule has 0 saturated carbocycles. The highest BCUT2D eigenvalue weighted by Crippen LogP contribution is 2.24. The third kappa shape index (κ3) is 3.99. The maximum atomic E-state index is 5.90. The molecule has 0 saturated heterocycles. The molecule has 0 bridgehead atoms. The van der Waals surface area contributed by atoms with Gasteiger partial charge in [-0.2, -0.15) is 0 Å². The Morgan fingerprint density at radius 3 is 2.79 bits per heavy atom. The van der Waals surface area contributed by atoms with E-state index in [2.05, 4.69) is 18.3 Å². The van der Waals surface area contributed by atoms with Crippen LogP contribution in [0.15, 0.2) is 12.1 Å². The summed E-state index contributed by atoms with van der Waals surface area (Å²) in [7, 11) is 2.02. The minimum atomic E-state index is 0.750. The summed E-state index contributed by atoms with van der Waals surface area (Å²) in [5.41, 5.74) is 0. The van der Waals surface area contributed by atoms with Crippen LogP contribution in [0.3, 0.4) is 0 Å². The van der Waals surface area contributed by atoms with Gasteiger partial charge in [0.25, 0.3) is 0 Å². The molecule has 0 spiro atoms. The highest BCUT2D eigenvalue weighted by Gasteiger charge is 2.09. The van der Waals surface area contributed by atoms with Crippen molar-refractivity contribution >= 4 is 22.9 Å². The Kier molecular flexibility index (Phi) is 5.53. The molecule has 1 atom stereocenters. The van der Waals surface area contributed by atoms with Gasteiger partial charge < -0.3 is 5.32 Å². The van der Waals surface area contributed by atoms with Crippen LogP contribution in [-0.4, -0.2) is 13.6 Å². The second-order valence-electron chi connectivity index (χ2n) is 3.62. The van der Waals surface area contributed by atoms with E-state index in [0.717, 1.165) is 23.2 Å². The van der Waals surface area contributed by atoms with E-state index in [1.807, 2.05) is 13.1 Å². The van der Waals surface area contributed by atoms with Crippen LogP contribution in [0, 0.1) is 5.92 Å². The standard InChI is InChI=1S/C11H18ClNS/c1-3-4-9(8-13-2)7-10-5-6-11(12)14-10/h5-6,9,13H,3-4,7-8H2,1-2H3. The Bertz CT molecular complexity index is 254. The second kappa shape index (κ2) is 6.44. The van der Waals surface area contributed by atoms with E-state index in [4.69, 9.17) is 11.6 Å². The SMILES string of the molecule is CCCC(CNC)Cc1ccc(Cl)s1. The molecule has 1 aromatic rings. The molecule has 1 rings (SSSR count). The minimum absolute atomic E-state index is 0.750. The fourth-order valence-electron chi connectivity index (χ4n) is 1.72. The molecule has 0 aliphatic heterocycles. The van der Waals surface area contributed by atoms with Crippen molar-refractivity contribution in [2.75, 3.05) is 13.6 Å². The summed E-state index contributed by atoms with van der Waals surface area (Å²) in [5, 5.41) is 3.25. The molecule has 1 aromatic heterocycles. The van der Waals surface area contributed by atoms with Crippen molar-refractivity contribution < 1.29 is 0 Å². The molecule has 0 aliphatic carbocycles. The molecule has 0 radical (unpaired) electrons. The van der Waals surface area contributed by atoms with Gasteiger partial charge in [0.2, 0.25) is 0 Å². The topological polar surface area (TPSA) is 12.0 Å². The second-order valence-corrected chi connectivity index (χ2v) is 5.42. The number of thiophene rings is 1. The van der Waals surface area contributed by atoms with Crippen LogP contribution in [-0.2, 0) is 6.42 Å². The van der Waals surface area contributed by atoms with E-state index in [-0.39, 0.29) is 0 Å². The first-order chi connectivity index (χ1) is 6.76. The van der Waals surface area contributed by atoms with Crippen molar-refractivity contribution in [3.05, 3.63) is 21.3 Å². The van der Waals surface area contributed by atoms with Crippen molar-refractivity contribution in [2.45, 2.75) is 26.2 Å². The molecular weight excluding hydrogens is 214 g/mol. The van der Waals surface area contributed by atoms with Crippen molar-refractivity contribution in [2.24, 2.45) is 5.92 Å². The number of nitrogens with one attached hydrogen (secondary N) is 1. The van der Waals surface area contributed by atoms with Crippen LogP contribution in [0.4, 0.5) is 0 Å². The molecule has 1 N–H and O–H groups in total. The van der Waals surface area contributed by atoms with E-state index in [9.17, 15) is 0 Å². The quantitative estimate of drug-likeness (QED) is 0.789. The lowest BCUT2D eigenvalue weighted by atomic mass is 9.99. The lowest BCUT2D eigenvalue weighted by Crippen LogP contribution is -2.20. The largest absolute Gasteiger partial charge is 0.319 e. The predicted octanol–water partition coefficient (Wildman–Crippen LogP) is 3.58. The van der Waals surface area contributed by atoms with Gasteiger partial charge >= 0.3 is 0 Å². The first-order valence-electron chi connectivity index (χ1n) is 5.15. The number of halogens is 1. The Hall–Kier alpha value is -0.0500. The number of hydrogen-bond donors (Lipinski definition) is 1. The summed E-state index contributed by atoms with van der Waals surface area (Å²) < 4.78 is 0.903. The molecule has 0 fully saturated rings. The molecule has 0 aliphatic rings. The summed E-state index contributed by atoms with van der Waals surface area (Å²) in [6, 6.07) is 4.13. The monoisotopic (exact) mass is 231 g/mol. The van der Waals surface area contributed by atoms with E-state index >= 15 is 0 Å². The van der Waals surface area contributed by atoms with Gasteiger partial charge in [-0.25, -0.2) is 0 Å². The first-order valence-corrected chi connectivity index (χ1v) is 6.34. The fourth-order valence-corrected chi connectivity index (χ4v) is 2.92. The summed E-state index contributed by atoms with van der Waals surface area (Å²) in [4.78, 5) is 1.41. The zero-order chi connectivity index (χ0) is 10.4. The first kappa shape index (κ1) is 12.0. The minimum Gasteiger partial charge on any atom is -0.319 e. The van der Waals surface area contributed by atoms with Crippen molar-refractivity contribution in [1.82, 2.24) is 5.32 Å². The van der Waals surface area contributed by atoms with Crippen molar-refractivity contribution in [3.63, 3.8) is 0 Å². The van der Waals surface area contributed by atoms with Gasteiger partial charge in [0.15, 0.2) is 0 Å². The maximum absolute atomic E-state index is 5.90. The summed E-state index contributed by atoms with van der Waals surface area (Å²) >= 11 is 7.61. The molecule has 0 amide bonds. The lowest BCUT2D eigenvalue weighted by Gasteiger charge is -2.14. The molecule has 1 unspecified atom stereocenters. The third-order valence-electron chi connectivity index (χ3n) is 2.31. The Labute approximate surface area is 95.5 Å². The van der Waals surface area contributed by atoms with Gasteiger partial charge in [-0.05, 0) is 44.5 Å². The molecule has 1 heterocycles. The fraction of sp³-hybridized carbons (Fsp3) is 0.636. The zero-order valence-corrected chi connectivity index (χ0v) is 10.4. The highest BCUT2D eigenvalue weighted by molar-refractivity contribution is 7.16. The smallest absolute Gasteiger partial charge is 0.0931 e. The van der Waals surface area contributed by atoms with E-state index in [1.165, 1.54) is 17.7 Å². The molecule has 80 valence electrons. The van der Waals surface area contributed by atoms with Crippen LogP contribution in [0.2, 0.25) is 4.34 Å². The van der Waals surface area contributed by atoms with Gasteiger partial charge in [-0.3, -0.25) is 0 Å². The molecule has 1 nitrogen and oxygen atoms in total. The Morgan fingerprint density at radius 2 is 2.29 bits per heavy atom. The third-order valence-corrected chi connectivity index (χ3v) is 3.56. The highest BCUT2D eigenvalue weighted by atomic mass is 35.5. The zero-order valence-electron chi connectivity index (χ0n) is 8.85. The van der Waals surface area contributed by atoms with Crippen LogP contribution < -0.4 is 5.32 Å². The normalized spacial score (nSPS) is 13.1. The molecule has 3 heteroatoms. The number of rotatable bonds is 6. The Balaban J connectivity index is 2.46. The van der Waals surface area contributed by atoms with Crippen LogP contribution in [0.25, 0.3) is 0 Å². The molecule has 14 heavy (non-hydrogen) atoms. The summed E-state index contributed by atoms with van der Waals surface area (Å²) in [6.07, 6.45) is 3.70.